The van der Waals surface area contributed by atoms with Crippen molar-refractivity contribution in [2.24, 2.45) is 0 Å². The molecular weight excluding hydrogens is 376 g/mol. The number of hydrogen-bond acceptors (Lipinski definition) is 7. The number of benzene rings is 2. The number of hydrogen-bond donors (Lipinski definition) is 1. The summed E-state index contributed by atoms with van der Waals surface area (Å²) < 4.78 is 4.92. The number of carbonyl (C=O) groups is 2. The van der Waals surface area contributed by atoms with Crippen LogP contribution in [-0.4, -0.2) is 35.4 Å². The minimum absolute atomic E-state index is 0.0725. The Balaban J connectivity index is 1.82. The number of ether oxygens (including phenoxy) is 1. The smallest absolute Gasteiger partial charge is 0.316 e. The van der Waals surface area contributed by atoms with Crippen LogP contribution in [0.1, 0.15) is 0 Å². The summed E-state index contributed by atoms with van der Waals surface area (Å²) in [7, 11) is 0. The molecule has 0 aliphatic heterocycles. The fourth-order valence-electron chi connectivity index (χ4n) is 1.99. The van der Waals surface area contributed by atoms with Crippen LogP contribution in [-0.2, 0) is 14.3 Å². The van der Waals surface area contributed by atoms with Crippen molar-refractivity contribution in [1.29, 1.82) is 0 Å². The molecule has 0 heterocycles. The standard InChI is InChI=1S/C17H16N2O5S2/c1-25-14-8-4-2-6-12(14)18-16(20)10-24-17(21)11-26-15-9-5-3-7-13(15)19(22)23/h2-9H,10-11H2,1H3,(H,18,20). The van der Waals surface area contributed by atoms with Crippen LogP contribution in [0.4, 0.5) is 11.4 Å². The van der Waals surface area contributed by atoms with Crippen LogP contribution >= 0.6 is 23.5 Å². The summed E-state index contributed by atoms with van der Waals surface area (Å²) in [6, 6.07) is 13.4. The van der Waals surface area contributed by atoms with Gasteiger partial charge in [0.25, 0.3) is 11.6 Å². The van der Waals surface area contributed by atoms with Gasteiger partial charge in [-0.15, -0.1) is 23.5 Å². The molecule has 2 aromatic carbocycles. The molecule has 2 aromatic rings. The first-order valence-corrected chi connectivity index (χ1v) is 9.67. The van der Waals surface area contributed by atoms with Gasteiger partial charge in [-0.2, -0.15) is 0 Å². The lowest BCUT2D eigenvalue weighted by Gasteiger charge is -2.09. The van der Waals surface area contributed by atoms with Gasteiger partial charge in [-0.3, -0.25) is 19.7 Å². The molecule has 0 aliphatic rings. The van der Waals surface area contributed by atoms with Crippen LogP contribution in [0.3, 0.4) is 0 Å². The molecule has 0 saturated carbocycles. The number of carbonyl (C=O) groups excluding carboxylic acids is 2. The molecule has 1 N–H and O–H groups in total. The summed E-state index contributed by atoms with van der Waals surface area (Å²) in [5, 5.41) is 13.6. The highest BCUT2D eigenvalue weighted by atomic mass is 32.2. The van der Waals surface area contributed by atoms with Gasteiger partial charge in [-0.25, -0.2) is 0 Å². The average Bonchev–Trinajstić information content (AvgIpc) is 2.65. The summed E-state index contributed by atoms with van der Waals surface area (Å²) in [4.78, 5) is 35.4. The maximum Gasteiger partial charge on any atom is 0.316 e. The minimum Gasteiger partial charge on any atom is -0.455 e. The van der Waals surface area contributed by atoms with Gasteiger partial charge in [0.15, 0.2) is 6.61 Å². The van der Waals surface area contributed by atoms with E-state index in [1.165, 1.54) is 17.8 Å². The van der Waals surface area contributed by atoms with Crippen molar-refractivity contribution in [2.75, 3.05) is 23.9 Å². The molecule has 0 spiro atoms. The molecule has 0 radical (unpaired) electrons. The molecule has 0 aliphatic carbocycles. The summed E-state index contributed by atoms with van der Waals surface area (Å²) in [6.07, 6.45) is 1.89. The van der Waals surface area contributed by atoms with E-state index in [1.807, 2.05) is 18.4 Å². The van der Waals surface area contributed by atoms with Crippen LogP contribution in [0.15, 0.2) is 58.3 Å². The molecule has 0 unspecified atom stereocenters. The van der Waals surface area contributed by atoms with E-state index in [0.29, 0.717) is 10.6 Å². The quantitative estimate of drug-likeness (QED) is 0.317. The average molecular weight is 392 g/mol. The number of nitro benzene ring substituents is 1. The minimum atomic E-state index is -0.624. The van der Waals surface area contributed by atoms with E-state index in [4.69, 9.17) is 4.74 Å². The Morgan fingerprint density at radius 3 is 2.46 bits per heavy atom. The van der Waals surface area contributed by atoms with E-state index in [1.54, 1.807) is 30.3 Å². The van der Waals surface area contributed by atoms with Gasteiger partial charge < -0.3 is 10.1 Å². The molecule has 2 rings (SSSR count). The molecule has 26 heavy (non-hydrogen) atoms. The summed E-state index contributed by atoms with van der Waals surface area (Å²) in [5.74, 6) is -1.20. The first-order valence-electron chi connectivity index (χ1n) is 7.46. The molecule has 0 fully saturated rings. The molecule has 7 nitrogen and oxygen atoms in total. The molecule has 0 aromatic heterocycles. The predicted molar refractivity (Wildman–Crippen MR) is 102 cm³/mol. The second-order valence-electron chi connectivity index (χ2n) is 4.92. The molecule has 1 amide bonds. The van der Waals surface area contributed by atoms with Crippen molar-refractivity contribution in [3.63, 3.8) is 0 Å². The predicted octanol–water partition coefficient (Wildman–Crippen LogP) is 3.59. The molecule has 9 heteroatoms. The molecular formula is C17H16N2O5S2. The monoisotopic (exact) mass is 392 g/mol. The maximum atomic E-state index is 11.9. The Morgan fingerprint density at radius 2 is 1.77 bits per heavy atom. The largest absolute Gasteiger partial charge is 0.455 e. The van der Waals surface area contributed by atoms with Crippen LogP contribution in [0.25, 0.3) is 0 Å². The van der Waals surface area contributed by atoms with Gasteiger partial charge in [0.05, 0.1) is 21.3 Å². The van der Waals surface area contributed by atoms with Crippen molar-refractivity contribution in [1.82, 2.24) is 0 Å². The van der Waals surface area contributed by atoms with Crippen LogP contribution < -0.4 is 5.32 Å². The maximum absolute atomic E-state index is 11.9. The summed E-state index contributed by atoms with van der Waals surface area (Å²) in [5.41, 5.74) is 0.576. The van der Waals surface area contributed by atoms with Gasteiger partial charge in [-0.05, 0) is 24.5 Å². The van der Waals surface area contributed by atoms with Crippen LogP contribution in [0, 0.1) is 10.1 Å². The highest BCUT2D eigenvalue weighted by Gasteiger charge is 2.15. The Kier molecular flexibility index (Phi) is 7.49. The van der Waals surface area contributed by atoms with Gasteiger partial charge in [-0.1, -0.05) is 24.3 Å². The zero-order valence-corrected chi connectivity index (χ0v) is 15.5. The van der Waals surface area contributed by atoms with Crippen LogP contribution in [0.5, 0.6) is 0 Å². The van der Waals surface area contributed by atoms with Gasteiger partial charge in [0.1, 0.15) is 0 Å². The first-order chi connectivity index (χ1) is 12.5. The lowest BCUT2D eigenvalue weighted by molar-refractivity contribution is -0.387. The van der Waals surface area contributed by atoms with E-state index >= 15 is 0 Å². The lowest BCUT2D eigenvalue weighted by Crippen LogP contribution is -2.21. The number of anilines is 1. The normalized spacial score (nSPS) is 10.2. The number of nitrogens with zero attached hydrogens (tertiary/aromatic N) is 1. The SMILES string of the molecule is CSc1ccccc1NC(=O)COC(=O)CSc1ccccc1[N+](=O)[O-]. The number of para-hydroxylation sites is 2. The number of thioether (sulfide) groups is 2. The summed E-state index contributed by atoms with van der Waals surface area (Å²) >= 11 is 2.48. The van der Waals surface area contributed by atoms with Crippen molar-refractivity contribution >= 4 is 46.8 Å². The number of rotatable bonds is 8. The topological polar surface area (TPSA) is 98.5 Å². The third-order valence-corrected chi connectivity index (χ3v) is 4.98. The first kappa shape index (κ1) is 19.8. The van der Waals surface area contributed by atoms with Gasteiger partial charge in [0, 0.05) is 11.0 Å². The third kappa shape index (κ3) is 5.78. The second-order valence-corrected chi connectivity index (χ2v) is 6.79. The van der Waals surface area contributed by atoms with E-state index < -0.39 is 23.4 Å². The number of amides is 1. The zero-order valence-electron chi connectivity index (χ0n) is 13.8. The van der Waals surface area contributed by atoms with Crippen molar-refractivity contribution < 1.29 is 19.2 Å². The lowest BCUT2D eigenvalue weighted by atomic mass is 10.3. The van der Waals surface area contributed by atoms with Crippen molar-refractivity contribution in [3.8, 4) is 0 Å². The highest BCUT2D eigenvalue weighted by Crippen LogP contribution is 2.28. The Morgan fingerprint density at radius 1 is 1.12 bits per heavy atom. The van der Waals surface area contributed by atoms with E-state index in [-0.39, 0.29) is 11.4 Å². The Bertz CT molecular complexity index is 813. The van der Waals surface area contributed by atoms with Crippen LogP contribution in [0.2, 0.25) is 0 Å². The van der Waals surface area contributed by atoms with Gasteiger partial charge in [0.2, 0.25) is 0 Å². The number of nitro groups is 1. The number of nitrogens with one attached hydrogen (secondary N) is 1. The Hall–Kier alpha value is -2.52. The Labute approximate surface area is 158 Å². The van der Waals surface area contributed by atoms with E-state index in [0.717, 1.165) is 16.7 Å². The number of esters is 1. The molecule has 136 valence electrons. The second kappa shape index (κ2) is 9.83. The van der Waals surface area contributed by atoms with E-state index in [9.17, 15) is 19.7 Å². The van der Waals surface area contributed by atoms with Gasteiger partial charge >= 0.3 is 5.97 Å². The van der Waals surface area contributed by atoms with Crippen molar-refractivity contribution in [2.45, 2.75) is 9.79 Å². The third-order valence-electron chi connectivity index (χ3n) is 3.15. The molecule has 0 saturated heterocycles. The zero-order chi connectivity index (χ0) is 18.9. The van der Waals surface area contributed by atoms with Crippen molar-refractivity contribution in [3.05, 3.63) is 58.6 Å². The molecule has 0 atom stereocenters. The highest BCUT2D eigenvalue weighted by molar-refractivity contribution is 8.00. The molecule has 0 bridgehead atoms. The fourth-order valence-corrected chi connectivity index (χ4v) is 3.36. The fraction of sp³-hybridized carbons (Fsp3) is 0.176. The summed E-state index contributed by atoms with van der Waals surface area (Å²) in [6.45, 7) is -0.418. The van der Waals surface area contributed by atoms with E-state index in [2.05, 4.69) is 5.32 Å².